The minimum Gasteiger partial charge on any atom is -0.496 e. The number of hydrogen-bond donors (Lipinski definition) is 1. The zero-order valence-corrected chi connectivity index (χ0v) is 19.5. The molecule has 174 valence electrons. The average Bonchev–Trinajstić information content (AvgIpc) is 2.82. The fourth-order valence-electron chi connectivity index (χ4n) is 7.81. The number of carbonyl (C=O) groups excluding carboxylic acids is 2. The fourth-order valence-corrected chi connectivity index (χ4v) is 7.81. The van der Waals surface area contributed by atoms with Crippen molar-refractivity contribution >= 4 is 22.6 Å². The lowest BCUT2D eigenvalue weighted by molar-refractivity contribution is -0.132. The van der Waals surface area contributed by atoms with Crippen molar-refractivity contribution in [2.75, 3.05) is 20.2 Å². The number of amides is 2. The zero-order chi connectivity index (χ0) is 22.6. The smallest absolute Gasteiger partial charge is 0.254 e. The quantitative estimate of drug-likeness (QED) is 0.735. The highest BCUT2D eigenvalue weighted by Crippen LogP contribution is 2.55. The lowest BCUT2D eigenvalue weighted by Gasteiger charge is -2.57. The van der Waals surface area contributed by atoms with Crippen molar-refractivity contribution < 1.29 is 14.3 Å². The Kier molecular flexibility index (Phi) is 5.11. The number of benzene rings is 2. The van der Waals surface area contributed by atoms with Crippen molar-refractivity contribution in [2.24, 2.45) is 23.7 Å². The largest absolute Gasteiger partial charge is 0.496 e. The summed E-state index contributed by atoms with van der Waals surface area (Å²) in [6.07, 6.45) is 9.35. The van der Waals surface area contributed by atoms with E-state index in [1.807, 2.05) is 41.3 Å². The standard InChI is InChI=1S/C28H34N2O3/c1-33-25-9-8-24(22-6-2-3-7-23(22)25)27(32)30-10-4-5-21(17-30)26(31)29-28-14-18-11-19(15-28)13-20(12-18)16-28/h2-3,6-9,18-21H,4-5,10-17H2,1H3,(H,29,31). The number of nitrogens with zero attached hydrogens (tertiary/aromatic N) is 1. The topological polar surface area (TPSA) is 58.6 Å². The van der Waals surface area contributed by atoms with Crippen LogP contribution in [0.4, 0.5) is 0 Å². The van der Waals surface area contributed by atoms with Gasteiger partial charge in [0.1, 0.15) is 5.75 Å². The maximum Gasteiger partial charge on any atom is 0.254 e. The molecule has 5 aliphatic rings. The van der Waals surface area contributed by atoms with Crippen LogP contribution in [0.1, 0.15) is 61.7 Å². The van der Waals surface area contributed by atoms with E-state index in [0.717, 1.165) is 47.1 Å². The predicted molar refractivity (Wildman–Crippen MR) is 128 cm³/mol. The van der Waals surface area contributed by atoms with E-state index in [1.165, 1.54) is 38.5 Å². The van der Waals surface area contributed by atoms with Gasteiger partial charge >= 0.3 is 0 Å². The van der Waals surface area contributed by atoms with Gasteiger partial charge in [-0.1, -0.05) is 24.3 Å². The molecule has 1 unspecified atom stereocenters. The van der Waals surface area contributed by atoms with Crippen LogP contribution >= 0.6 is 0 Å². The molecular weight excluding hydrogens is 412 g/mol. The Morgan fingerprint density at radius 1 is 0.970 bits per heavy atom. The minimum atomic E-state index is -0.111. The second-order valence-corrected chi connectivity index (χ2v) is 11.1. The van der Waals surface area contributed by atoms with Gasteiger partial charge in [0.05, 0.1) is 13.0 Å². The fraction of sp³-hybridized carbons (Fsp3) is 0.571. The lowest BCUT2D eigenvalue weighted by Crippen LogP contribution is -2.61. The van der Waals surface area contributed by atoms with Crippen molar-refractivity contribution in [1.82, 2.24) is 10.2 Å². The SMILES string of the molecule is COc1ccc(C(=O)N2CCCC(C(=O)NC34CC5CC(CC(C5)C3)C4)C2)c2ccccc12. The third kappa shape index (κ3) is 3.70. The van der Waals surface area contributed by atoms with Gasteiger partial charge < -0.3 is 15.0 Å². The Labute approximate surface area is 195 Å². The minimum absolute atomic E-state index is 0.0150. The summed E-state index contributed by atoms with van der Waals surface area (Å²) in [6, 6.07) is 11.6. The summed E-state index contributed by atoms with van der Waals surface area (Å²) in [5, 5.41) is 5.39. The van der Waals surface area contributed by atoms with Crippen LogP contribution in [0.25, 0.3) is 10.8 Å². The van der Waals surface area contributed by atoms with Crippen molar-refractivity contribution in [3.8, 4) is 5.75 Å². The number of nitrogens with one attached hydrogen (secondary N) is 1. The number of methoxy groups -OCH3 is 1. The molecule has 1 atom stereocenters. The van der Waals surface area contributed by atoms with Crippen LogP contribution in [0.5, 0.6) is 5.75 Å². The van der Waals surface area contributed by atoms with E-state index in [-0.39, 0.29) is 23.3 Å². The highest BCUT2D eigenvalue weighted by atomic mass is 16.5. The van der Waals surface area contributed by atoms with Gasteiger partial charge in [0.25, 0.3) is 5.91 Å². The number of likely N-dealkylation sites (tertiary alicyclic amines) is 1. The molecule has 0 aromatic heterocycles. The molecule has 4 saturated carbocycles. The van der Waals surface area contributed by atoms with E-state index in [2.05, 4.69) is 5.32 Å². The Hall–Kier alpha value is -2.56. The molecule has 2 amide bonds. The van der Waals surface area contributed by atoms with Crippen molar-refractivity contribution in [1.29, 1.82) is 0 Å². The molecule has 1 heterocycles. The van der Waals surface area contributed by atoms with E-state index in [9.17, 15) is 9.59 Å². The molecule has 33 heavy (non-hydrogen) atoms. The summed E-state index contributed by atoms with van der Waals surface area (Å²) in [7, 11) is 1.65. The first kappa shape index (κ1) is 21.0. The molecule has 0 radical (unpaired) electrons. The maximum absolute atomic E-state index is 13.5. The number of piperidine rings is 1. The van der Waals surface area contributed by atoms with Crippen LogP contribution < -0.4 is 10.1 Å². The number of carbonyl (C=O) groups is 2. The third-order valence-electron chi connectivity index (χ3n) is 8.84. The van der Waals surface area contributed by atoms with E-state index in [1.54, 1.807) is 7.11 Å². The number of hydrogen-bond acceptors (Lipinski definition) is 3. The van der Waals surface area contributed by atoms with Crippen LogP contribution in [0.3, 0.4) is 0 Å². The molecule has 1 saturated heterocycles. The van der Waals surface area contributed by atoms with Gasteiger partial charge in [-0.3, -0.25) is 9.59 Å². The number of ether oxygens (including phenoxy) is 1. The lowest BCUT2D eigenvalue weighted by atomic mass is 9.53. The van der Waals surface area contributed by atoms with Crippen LogP contribution in [0.2, 0.25) is 0 Å². The van der Waals surface area contributed by atoms with Crippen LogP contribution in [-0.2, 0) is 4.79 Å². The van der Waals surface area contributed by atoms with Gasteiger partial charge in [-0.25, -0.2) is 0 Å². The molecule has 1 aliphatic heterocycles. The second kappa shape index (κ2) is 8.03. The zero-order valence-electron chi connectivity index (χ0n) is 19.5. The van der Waals surface area contributed by atoms with Crippen molar-refractivity contribution in [3.05, 3.63) is 42.0 Å². The Morgan fingerprint density at radius 2 is 1.64 bits per heavy atom. The summed E-state index contributed by atoms with van der Waals surface area (Å²) in [5.74, 6) is 3.28. The normalized spacial score (nSPS) is 32.7. The molecule has 4 bridgehead atoms. The monoisotopic (exact) mass is 446 g/mol. The summed E-state index contributed by atoms with van der Waals surface area (Å²) in [5.41, 5.74) is 0.721. The van der Waals surface area contributed by atoms with E-state index >= 15 is 0 Å². The summed E-state index contributed by atoms with van der Waals surface area (Å²) < 4.78 is 5.49. The van der Waals surface area contributed by atoms with E-state index < -0.39 is 0 Å². The van der Waals surface area contributed by atoms with Gasteiger partial charge in [0, 0.05) is 29.6 Å². The Morgan fingerprint density at radius 3 is 2.30 bits per heavy atom. The van der Waals surface area contributed by atoms with Gasteiger partial charge in [0.15, 0.2) is 0 Å². The molecule has 1 N–H and O–H groups in total. The van der Waals surface area contributed by atoms with Crippen molar-refractivity contribution in [3.63, 3.8) is 0 Å². The first-order valence-corrected chi connectivity index (χ1v) is 12.7. The highest BCUT2D eigenvalue weighted by Gasteiger charge is 2.52. The average molecular weight is 447 g/mol. The van der Waals surface area contributed by atoms with Gasteiger partial charge in [-0.15, -0.1) is 0 Å². The van der Waals surface area contributed by atoms with Crippen LogP contribution in [0.15, 0.2) is 36.4 Å². The predicted octanol–water partition coefficient (Wildman–Crippen LogP) is 4.79. The highest BCUT2D eigenvalue weighted by molar-refractivity contribution is 6.08. The maximum atomic E-state index is 13.5. The summed E-state index contributed by atoms with van der Waals surface area (Å²) >= 11 is 0. The number of rotatable bonds is 4. The van der Waals surface area contributed by atoms with Gasteiger partial charge in [-0.2, -0.15) is 0 Å². The van der Waals surface area contributed by atoms with Crippen LogP contribution in [0, 0.1) is 23.7 Å². The van der Waals surface area contributed by atoms with Crippen molar-refractivity contribution in [2.45, 2.75) is 56.9 Å². The molecule has 5 nitrogen and oxygen atoms in total. The van der Waals surface area contributed by atoms with E-state index in [0.29, 0.717) is 18.7 Å². The molecule has 5 heteroatoms. The molecule has 2 aromatic rings. The van der Waals surface area contributed by atoms with Gasteiger partial charge in [0.2, 0.25) is 5.91 Å². The molecule has 7 rings (SSSR count). The molecular formula is C28H34N2O3. The van der Waals surface area contributed by atoms with Crippen LogP contribution in [-0.4, -0.2) is 42.5 Å². The molecule has 2 aromatic carbocycles. The third-order valence-corrected chi connectivity index (χ3v) is 8.84. The second-order valence-electron chi connectivity index (χ2n) is 11.1. The summed E-state index contributed by atoms with van der Waals surface area (Å²) in [6.45, 7) is 1.22. The first-order chi connectivity index (χ1) is 16.0. The molecule has 5 fully saturated rings. The molecule has 4 aliphatic carbocycles. The van der Waals surface area contributed by atoms with E-state index in [4.69, 9.17) is 4.74 Å². The summed E-state index contributed by atoms with van der Waals surface area (Å²) in [4.78, 5) is 28.9. The first-order valence-electron chi connectivity index (χ1n) is 12.7. The van der Waals surface area contributed by atoms with Gasteiger partial charge in [-0.05, 0) is 86.6 Å². The molecule has 0 spiro atoms. The number of fused-ring (bicyclic) bond motifs is 1. The Balaban J connectivity index is 1.18. The Bertz CT molecular complexity index is 1060.